The topological polar surface area (TPSA) is 101 Å². The molecule has 1 N–H and O–H groups in total. The van der Waals surface area contributed by atoms with Crippen molar-refractivity contribution in [3.05, 3.63) is 139 Å². The first kappa shape index (κ1) is 28.7. The number of aliphatic imine (C=N–C) groups is 1. The molecule has 0 spiro atoms. The molecule has 1 amide bonds. The summed E-state index contributed by atoms with van der Waals surface area (Å²) in [6.45, 7) is 0.903. The van der Waals surface area contributed by atoms with Crippen LogP contribution in [-0.2, 0) is 17.8 Å². The van der Waals surface area contributed by atoms with E-state index in [1.54, 1.807) is 17.0 Å². The molecule has 2 heterocycles. The second kappa shape index (κ2) is 12.8. The van der Waals surface area contributed by atoms with Crippen LogP contribution < -0.4 is 4.74 Å². The maximum Gasteiger partial charge on any atom is 0.269 e. The van der Waals surface area contributed by atoms with E-state index in [4.69, 9.17) is 9.73 Å². The van der Waals surface area contributed by atoms with Crippen molar-refractivity contribution in [2.45, 2.75) is 13.0 Å². The molecule has 0 unspecified atom stereocenters. The van der Waals surface area contributed by atoms with E-state index in [1.165, 1.54) is 23.9 Å². The first-order chi connectivity index (χ1) is 20.9. The molecule has 0 radical (unpaired) electrons. The standard InChI is InChI=1S/C33H25IN4O4S/c34-28-18-23(10-15-30(28)42-21-22-6-2-1-3-7-22)19-31-32(39)37(17-16-24-20-35-29-9-5-4-8-27(24)29)33(43-31)36-25-11-13-26(14-12-25)38(40)41/h1-15,18-20,35H,16-17,21H2/b31-19-,36-33?. The number of hydrogen-bond acceptors (Lipinski definition) is 6. The Labute approximate surface area is 265 Å². The van der Waals surface area contributed by atoms with Gasteiger partial charge < -0.3 is 9.72 Å². The van der Waals surface area contributed by atoms with Crippen molar-refractivity contribution in [1.82, 2.24) is 9.88 Å². The zero-order chi connectivity index (χ0) is 29.8. The quantitative estimate of drug-likeness (QED) is 0.0725. The third-order valence-corrected chi connectivity index (χ3v) is 8.79. The van der Waals surface area contributed by atoms with E-state index in [1.807, 2.05) is 79.0 Å². The number of ether oxygens (including phenoxy) is 1. The Morgan fingerprint density at radius 2 is 1.77 bits per heavy atom. The number of amides is 1. The molecule has 43 heavy (non-hydrogen) atoms. The van der Waals surface area contributed by atoms with Gasteiger partial charge in [-0.05, 0) is 93.9 Å². The maximum absolute atomic E-state index is 13.7. The highest BCUT2D eigenvalue weighted by Crippen LogP contribution is 2.36. The Balaban J connectivity index is 1.25. The van der Waals surface area contributed by atoms with E-state index >= 15 is 0 Å². The molecule has 1 aliphatic heterocycles. The van der Waals surface area contributed by atoms with E-state index in [9.17, 15) is 14.9 Å². The van der Waals surface area contributed by atoms with E-state index in [0.29, 0.717) is 35.3 Å². The molecule has 4 aromatic carbocycles. The molecular formula is C33H25IN4O4S. The number of rotatable bonds is 9. The van der Waals surface area contributed by atoms with Gasteiger partial charge in [-0.3, -0.25) is 19.8 Å². The Morgan fingerprint density at radius 3 is 2.53 bits per heavy atom. The van der Waals surface area contributed by atoms with Crippen molar-refractivity contribution in [2.75, 3.05) is 6.54 Å². The number of halogens is 1. The summed E-state index contributed by atoms with van der Waals surface area (Å²) < 4.78 is 6.96. The minimum atomic E-state index is -0.446. The SMILES string of the molecule is O=C1/C(=C/c2ccc(OCc3ccccc3)c(I)c2)SC(=Nc2ccc([N+](=O)[O-])cc2)N1CCc1c[nH]c2ccccc12. The summed E-state index contributed by atoms with van der Waals surface area (Å²) in [4.78, 5) is 34.6. The van der Waals surface area contributed by atoms with Gasteiger partial charge in [0.2, 0.25) is 0 Å². The molecule has 5 aromatic rings. The highest BCUT2D eigenvalue weighted by molar-refractivity contribution is 14.1. The van der Waals surface area contributed by atoms with Gasteiger partial charge in [-0.1, -0.05) is 54.6 Å². The molecule has 8 nitrogen and oxygen atoms in total. The number of H-pyrrole nitrogens is 1. The number of thioether (sulfide) groups is 1. The third-order valence-electron chi connectivity index (χ3n) is 6.94. The summed E-state index contributed by atoms with van der Waals surface area (Å²) in [5, 5.41) is 12.8. The molecular weight excluding hydrogens is 675 g/mol. The molecule has 1 aliphatic rings. The van der Waals surface area contributed by atoms with Crippen LogP contribution in [0.25, 0.3) is 17.0 Å². The predicted octanol–water partition coefficient (Wildman–Crippen LogP) is 8.11. The van der Waals surface area contributed by atoms with Crippen LogP contribution in [0.3, 0.4) is 0 Å². The molecule has 10 heteroatoms. The summed E-state index contributed by atoms with van der Waals surface area (Å²) >= 11 is 3.54. The lowest BCUT2D eigenvalue weighted by atomic mass is 10.1. The number of amidine groups is 1. The van der Waals surface area contributed by atoms with Gasteiger partial charge in [-0.2, -0.15) is 0 Å². The molecule has 0 saturated carbocycles. The van der Waals surface area contributed by atoms with Crippen LogP contribution in [0.2, 0.25) is 0 Å². The fraction of sp³-hybridized carbons (Fsp3) is 0.0909. The van der Waals surface area contributed by atoms with Crippen LogP contribution >= 0.6 is 34.4 Å². The average molecular weight is 701 g/mol. The summed E-state index contributed by atoms with van der Waals surface area (Å²) in [7, 11) is 0. The first-order valence-electron chi connectivity index (χ1n) is 13.5. The van der Waals surface area contributed by atoms with Crippen LogP contribution in [0, 0.1) is 13.7 Å². The molecule has 214 valence electrons. The van der Waals surface area contributed by atoms with Crippen LogP contribution in [0.5, 0.6) is 5.75 Å². The van der Waals surface area contributed by atoms with Crippen LogP contribution in [-0.4, -0.2) is 32.4 Å². The molecule has 0 aliphatic carbocycles. The number of non-ortho nitro benzene ring substituents is 1. The maximum atomic E-state index is 13.7. The summed E-state index contributed by atoms with van der Waals surface area (Å²) in [5.74, 6) is 0.641. The lowest BCUT2D eigenvalue weighted by molar-refractivity contribution is -0.384. The minimum Gasteiger partial charge on any atom is -0.488 e. The van der Waals surface area contributed by atoms with E-state index in [0.717, 1.165) is 36.9 Å². The fourth-order valence-corrected chi connectivity index (χ4v) is 6.45. The molecule has 1 aromatic heterocycles. The Hall–Kier alpha value is -4.42. The molecule has 0 atom stereocenters. The number of aromatic amines is 1. The highest BCUT2D eigenvalue weighted by Gasteiger charge is 2.33. The Kier molecular flexibility index (Phi) is 8.57. The van der Waals surface area contributed by atoms with E-state index in [2.05, 4.69) is 33.6 Å². The smallest absolute Gasteiger partial charge is 0.269 e. The molecule has 1 saturated heterocycles. The van der Waals surface area contributed by atoms with Gasteiger partial charge in [-0.25, -0.2) is 4.99 Å². The zero-order valence-electron chi connectivity index (χ0n) is 22.8. The van der Waals surface area contributed by atoms with Crippen LogP contribution in [0.4, 0.5) is 11.4 Å². The fourth-order valence-electron chi connectivity index (χ4n) is 4.73. The highest BCUT2D eigenvalue weighted by atomic mass is 127. The van der Waals surface area contributed by atoms with Crippen molar-refractivity contribution in [3.63, 3.8) is 0 Å². The van der Waals surface area contributed by atoms with Crippen molar-refractivity contribution in [3.8, 4) is 5.75 Å². The largest absolute Gasteiger partial charge is 0.488 e. The van der Waals surface area contributed by atoms with Gasteiger partial charge in [0.25, 0.3) is 11.6 Å². The lowest BCUT2D eigenvalue weighted by Gasteiger charge is -2.15. The monoisotopic (exact) mass is 700 g/mol. The summed E-state index contributed by atoms with van der Waals surface area (Å²) in [6, 6.07) is 29.9. The number of nitrogens with zero attached hydrogens (tertiary/aromatic N) is 3. The summed E-state index contributed by atoms with van der Waals surface area (Å²) in [5.41, 5.74) is 4.65. The number of hydrogen-bond donors (Lipinski definition) is 1. The number of fused-ring (bicyclic) bond motifs is 1. The van der Waals surface area contributed by atoms with Gasteiger partial charge in [0.15, 0.2) is 5.17 Å². The molecule has 6 rings (SSSR count). The van der Waals surface area contributed by atoms with Crippen molar-refractivity contribution in [2.24, 2.45) is 4.99 Å². The zero-order valence-corrected chi connectivity index (χ0v) is 25.7. The number of aromatic nitrogens is 1. The second-order valence-corrected chi connectivity index (χ2v) is 12.0. The number of nitrogens with one attached hydrogen (secondary N) is 1. The van der Waals surface area contributed by atoms with Crippen molar-refractivity contribution >= 4 is 73.8 Å². The van der Waals surface area contributed by atoms with Gasteiger partial charge in [0, 0.05) is 35.8 Å². The predicted molar refractivity (Wildman–Crippen MR) is 179 cm³/mol. The normalized spacial score (nSPS) is 15.1. The number of nitro groups is 1. The Bertz CT molecular complexity index is 1870. The van der Waals surface area contributed by atoms with Crippen molar-refractivity contribution in [1.29, 1.82) is 0 Å². The van der Waals surface area contributed by atoms with Crippen molar-refractivity contribution < 1.29 is 14.5 Å². The first-order valence-corrected chi connectivity index (χ1v) is 15.4. The van der Waals surface area contributed by atoms with E-state index in [-0.39, 0.29) is 11.6 Å². The number of benzene rings is 4. The van der Waals surface area contributed by atoms with E-state index < -0.39 is 4.92 Å². The number of carbonyl (C=O) groups excluding carboxylic acids is 1. The van der Waals surface area contributed by atoms with Crippen LogP contribution in [0.15, 0.2) is 113 Å². The van der Waals surface area contributed by atoms with Gasteiger partial charge in [0.05, 0.1) is 19.1 Å². The number of para-hydroxylation sites is 1. The summed E-state index contributed by atoms with van der Waals surface area (Å²) in [6.07, 6.45) is 4.48. The molecule has 0 bridgehead atoms. The third kappa shape index (κ3) is 6.65. The average Bonchev–Trinajstić information content (AvgIpc) is 3.56. The van der Waals surface area contributed by atoms with Crippen LogP contribution in [0.1, 0.15) is 16.7 Å². The van der Waals surface area contributed by atoms with Gasteiger partial charge in [0.1, 0.15) is 12.4 Å². The second-order valence-electron chi connectivity index (χ2n) is 9.81. The minimum absolute atomic E-state index is 0.0123. The van der Waals surface area contributed by atoms with Gasteiger partial charge >= 0.3 is 0 Å². The number of carbonyl (C=O) groups is 1. The Morgan fingerprint density at radius 1 is 1.00 bits per heavy atom. The van der Waals surface area contributed by atoms with Gasteiger partial charge in [-0.15, -0.1) is 0 Å². The lowest BCUT2D eigenvalue weighted by Crippen LogP contribution is -2.31. The molecule has 1 fully saturated rings. The number of nitro benzene ring substituents is 1.